The van der Waals surface area contributed by atoms with Crippen LogP contribution in [0, 0.1) is 0 Å². The van der Waals surface area contributed by atoms with Crippen molar-refractivity contribution in [2.24, 2.45) is 5.10 Å². The number of para-hydroxylation sites is 1. The molecule has 3 aliphatic heterocycles. The summed E-state index contributed by atoms with van der Waals surface area (Å²) in [5, 5.41) is 15.2. The largest absolute Gasteiger partial charge is 0.476 e. The van der Waals surface area contributed by atoms with Gasteiger partial charge >= 0.3 is 5.97 Å². The van der Waals surface area contributed by atoms with Gasteiger partial charge in [-0.15, -0.1) is 0 Å². The number of ether oxygens (including phenoxy) is 1. The molecule has 48 heavy (non-hydrogen) atoms. The van der Waals surface area contributed by atoms with E-state index in [1.807, 2.05) is 18.2 Å². The average Bonchev–Trinajstić information content (AvgIpc) is 3.46. The predicted octanol–water partition coefficient (Wildman–Crippen LogP) is 9.29. The lowest BCUT2D eigenvalue weighted by atomic mass is 9.97. The van der Waals surface area contributed by atoms with Crippen molar-refractivity contribution in [1.82, 2.24) is 0 Å². The molecule has 0 radical (unpaired) electrons. The summed E-state index contributed by atoms with van der Waals surface area (Å²) in [4.78, 5) is 28.0. The molecule has 0 spiro atoms. The monoisotopic (exact) mass is 641 g/mol. The van der Waals surface area contributed by atoms with E-state index in [0.717, 1.165) is 36.4 Å². The number of rotatable bonds is 12. The number of carbonyl (C=O) groups is 2. The number of hydrazone groups is 1. The van der Waals surface area contributed by atoms with Crippen LogP contribution in [-0.2, 0) is 27.2 Å². The first kappa shape index (κ1) is 32.8. The number of hydrogen-bond acceptors (Lipinski definition) is 5. The van der Waals surface area contributed by atoms with Gasteiger partial charge in [-0.2, -0.15) is 10.1 Å². The Morgan fingerprint density at radius 3 is 2.46 bits per heavy atom. The van der Waals surface area contributed by atoms with E-state index in [9.17, 15) is 14.7 Å². The molecule has 1 N–H and O–H groups in total. The fraction of sp³-hybridized carbons (Fsp3) is 0.293. The maximum atomic E-state index is 13.4. The molecule has 0 aromatic heterocycles. The molecule has 1 amide bonds. The first-order valence-electron chi connectivity index (χ1n) is 17.1. The minimum absolute atomic E-state index is 0.0317. The summed E-state index contributed by atoms with van der Waals surface area (Å²) < 4.78 is 5.96. The molecule has 0 saturated heterocycles. The summed E-state index contributed by atoms with van der Waals surface area (Å²) in [5.41, 5.74) is 6.90. The standard InChI is InChI=1S/C41H43N3O4/c1-3-4-5-6-7-9-13-30-17-21-34(22-18-30)43-25-12-14-32-27-31(20-24-37(32)43)19-23-36-28-33(26-29(2)48-36)38-39(41(46)47)42-44(40(38)45)35-15-10-8-11-16-35/h8,10-11,15-24,26-28H,3-7,9,12-14,25H2,1-2H3,(H,46,47)/b23-19+,38-33-. The minimum Gasteiger partial charge on any atom is -0.476 e. The molecular weight excluding hydrogens is 598 g/mol. The van der Waals surface area contributed by atoms with E-state index in [2.05, 4.69) is 59.4 Å². The number of anilines is 3. The van der Waals surface area contributed by atoms with Crippen molar-refractivity contribution in [3.05, 3.63) is 130 Å². The van der Waals surface area contributed by atoms with E-state index >= 15 is 0 Å². The van der Waals surface area contributed by atoms with Crippen molar-refractivity contribution < 1.29 is 19.4 Å². The van der Waals surface area contributed by atoms with Gasteiger partial charge in [0.1, 0.15) is 11.5 Å². The topological polar surface area (TPSA) is 82.4 Å². The van der Waals surface area contributed by atoms with Crippen LogP contribution in [0.5, 0.6) is 0 Å². The molecule has 0 fully saturated rings. The van der Waals surface area contributed by atoms with E-state index in [1.165, 1.54) is 61.0 Å². The second-order valence-electron chi connectivity index (χ2n) is 12.6. The van der Waals surface area contributed by atoms with Crippen LogP contribution in [0.3, 0.4) is 0 Å². The molecule has 0 atom stereocenters. The van der Waals surface area contributed by atoms with E-state index in [-0.39, 0.29) is 11.3 Å². The van der Waals surface area contributed by atoms with Crippen LogP contribution in [0.2, 0.25) is 0 Å². The van der Waals surface area contributed by atoms with Gasteiger partial charge in [-0.25, -0.2) is 4.79 Å². The Hall–Kier alpha value is -5.17. The Kier molecular flexibility index (Phi) is 10.3. The van der Waals surface area contributed by atoms with E-state index in [4.69, 9.17) is 4.74 Å². The van der Waals surface area contributed by atoms with Crippen LogP contribution in [0.1, 0.15) is 75.5 Å². The molecular formula is C41H43N3O4. The smallest absolute Gasteiger partial charge is 0.357 e. The Bertz CT molecular complexity index is 1820. The maximum Gasteiger partial charge on any atom is 0.357 e. The second kappa shape index (κ2) is 15.2. The number of allylic oxidation sites excluding steroid dienone is 5. The van der Waals surface area contributed by atoms with Gasteiger partial charge in [0.25, 0.3) is 5.91 Å². The summed E-state index contributed by atoms with van der Waals surface area (Å²) in [7, 11) is 0. The molecule has 246 valence electrons. The van der Waals surface area contributed by atoms with Crippen LogP contribution in [-0.4, -0.2) is 29.2 Å². The number of fused-ring (bicyclic) bond motifs is 1. The van der Waals surface area contributed by atoms with Gasteiger partial charge in [-0.05, 0) is 109 Å². The third-order valence-corrected chi connectivity index (χ3v) is 9.00. The van der Waals surface area contributed by atoms with Crippen molar-refractivity contribution in [2.75, 3.05) is 16.5 Å². The number of benzene rings is 3. The molecule has 0 bridgehead atoms. The van der Waals surface area contributed by atoms with Gasteiger partial charge in [0.2, 0.25) is 0 Å². The number of nitrogens with zero attached hydrogens (tertiary/aromatic N) is 3. The van der Waals surface area contributed by atoms with Gasteiger partial charge in [0, 0.05) is 17.9 Å². The highest BCUT2D eigenvalue weighted by molar-refractivity contribution is 6.53. The SMILES string of the molecule is CCCCCCCCc1ccc(N2CCCc3cc(/C=C/C4=CC(=C5\C(=O)N(c6ccccc6)N=C5C(=O)O)/C=C(C)O4)ccc32)cc1. The number of carboxylic acids is 1. The summed E-state index contributed by atoms with van der Waals surface area (Å²) in [6.45, 7) is 5.03. The van der Waals surface area contributed by atoms with Gasteiger partial charge < -0.3 is 14.7 Å². The van der Waals surface area contributed by atoms with Crippen LogP contribution in [0.25, 0.3) is 6.08 Å². The minimum atomic E-state index is -1.26. The Morgan fingerprint density at radius 1 is 0.917 bits per heavy atom. The highest BCUT2D eigenvalue weighted by Crippen LogP contribution is 2.35. The highest BCUT2D eigenvalue weighted by Gasteiger charge is 2.37. The normalized spacial score (nSPS) is 17.6. The Balaban J connectivity index is 1.17. The van der Waals surface area contributed by atoms with Crippen molar-refractivity contribution in [2.45, 2.75) is 71.6 Å². The third-order valence-electron chi connectivity index (χ3n) is 9.00. The Morgan fingerprint density at radius 2 is 1.69 bits per heavy atom. The molecule has 7 nitrogen and oxygen atoms in total. The van der Waals surface area contributed by atoms with Crippen LogP contribution >= 0.6 is 0 Å². The van der Waals surface area contributed by atoms with Gasteiger partial charge in [-0.3, -0.25) is 4.79 Å². The molecule has 3 aromatic carbocycles. The van der Waals surface area contributed by atoms with E-state index in [0.29, 0.717) is 22.8 Å². The molecule has 0 aliphatic carbocycles. The van der Waals surface area contributed by atoms with Gasteiger partial charge in [-0.1, -0.05) is 81.5 Å². The molecule has 0 unspecified atom stereocenters. The van der Waals surface area contributed by atoms with Crippen molar-refractivity contribution in [3.8, 4) is 0 Å². The average molecular weight is 642 g/mol. The summed E-state index contributed by atoms with van der Waals surface area (Å²) in [5.74, 6) is -0.701. The van der Waals surface area contributed by atoms with Crippen LogP contribution < -0.4 is 9.91 Å². The second-order valence-corrected chi connectivity index (χ2v) is 12.6. The number of carboxylic acid groups (broad SMARTS) is 1. The lowest BCUT2D eigenvalue weighted by molar-refractivity contribution is -0.129. The Labute approximate surface area is 283 Å². The fourth-order valence-electron chi connectivity index (χ4n) is 6.56. The lowest BCUT2D eigenvalue weighted by Crippen LogP contribution is -2.24. The van der Waals surface area contributed by atoms with Crippen LogP contribution in [0.15, 0.2) is 119 Å². The number of amides is 1. The zero-order chi connectivity index (χ0) is 33.5. The van der Waals surface area contributed by atoms with E-state index < -0.39 is 11.9 Å². The zero-order valence-corrected chi connectivity index (χ0v) is 27.8. The molecule has 6 rings (SSSR count). The number of unbranched alkanes of at least 4 members (excludes halogenated alkanes) is 5. The van der Waals surface area contributed by atoms with Crippen molar-refractivity contribution in [1.29, 1.82) is 0 Å². The summed E-state index contributed by atoms with van der Waals surface area (Å²) >= 11 is 0. The quantitative estimate of drug-likeness (QED) is 0.157. The number of carbonyl (C=O) groups excluding carboxylic acids is 1. The molecule has 3 aliphatic rings. The predicted molar refractivity (Wildman–Crippen MR) is 193 cm³/mol. The summed E-state index contributed by atoms with van der Waals surface area (Å²) in [6.07, 6.45) is 18.3. The molecule has 7 heteroatoms. The first-order valence-corrected chi connectivity index (χ1v) is 17.1. The van der Waals surface area contributed by atoms with Gasteiger partial charge in [0.05, 0.1) is 11.3 Å². The van der Waals surface area contributed by atoms with Crippen molar-refractivity contribution >= 4 is 40.7 Å². The van der Waals surface area contributed by atoms with Crippen molar-refractivity contribution in [3.63, 3.8) is 0 Å². The zero-order valence-electron chi connectivity index (χ0n) is 27.8. The number of aryl methyl sites for hydroxylation is 2. The third kappa shape index (κ3) is 7.52. The fourth-order valence-corrected chi connectivity index (χ4v) is 6.56. The maximum absolute atomic E-state index is 13.4. The highest BCUT2D eigenvalue weighted by atomic mass is 16.5. The van der Waals surface area contributed by atoms with E-state index in [1.54, 1.807) is 43.3 Å². The summed E-state index contributed by atoms with van der Waals surface area (Å²) in [6, 6.07) is 24.4. The first-order chi connectivity index (χ1) is 23.4. The molecule has 3 heterocycles. The molecule has 0 saturated carbocycles. The number of aliphatic carboxylic acids is 1. The molecule has 3 aromatic rings. The van der Waals surface area contributed by atoms with Crippen LogP contribution in [0.4, 0.5) is 17.1 Å². The van der Waals surface area contributed by atoms with Gasteiger partial charge in [0.15, 0.2) is 5.71 Å². The lowest BCUT2D eigenvalue weighted by Gasteiger charge is -2.31. The number of hydrogen-bond donors (Lipinski definition) is 1.